The monoisotopic (exact) mass is 226 g/mol. The molecule has 2 aromatic carbocycles. The SMILES string of the molecule is O=c1[nH]nc(Cc2cccc3ccccc23)o1. The van der Waals surface area contributed by atoms with Gasteiger partial charge in [0.25, 0.3) is 0 Å². The molecule has 0 radical (unpaired) electrons. The van der Waals surface area contributed by atoms with Crippen molar-refractivity contribution in [3.63, 3.8) is 0 Å². The van der Waals surface area contributed by atoms with Gasteiger partial charge in [0.1, 0.15) is 0 Å². The lowest BCUT2D eigenvalue weighted by Gasteiger charge is -2.03. The lowest BCUT2D eigenvalue weighted by molar-refractivity contribution is 0.472. The highest BCUT2D eigenvalue weighted by atomic mass is 16.4. The molecule has 0 saturated carbocycles. The van der Waals surface area contributed by atoms with Crippen LogP contribution in [0.1, 0.15) is 11.5 Å². The van der Waals surface area contributed by atoms with Gasteiger partial charge in [0.15, 0.2) is 0 Å². The number of nitrogens with one attached hydrogen (secondary N) is 1. The quantitative estimate of drug-likeness (QED) is 0.728. The average molecular weight is 226 g/mol. The van der Waals surface area contributed by atoms with Gasteiger partial charge in [0.2, 0.25) is 5.89 Å². The Balaban J connectivity index is 2.08. The molecule has 0 unspecified atom stereocenters. The van der Waals surface area contributed by atoms with Crippen molar-refractivity contribution in [2.45, 2.75) is 6.42 Å². The summed E-state index contributed by atoms with van der Waals surface area (Å²) in [6.07, 6.45) is 0.514. The number of aromatic nitrogens is 2. The zero-order valence-corrected chi connectivity index (χ0v) is 9.01. The molecule has 0 aliphatic heterocycles. The number of hydrogen-bond acceptors (Lipinski definition) is 3. The van der Waals surface area contributed by atoms with E-state index in [1.165, 1.54) is 5.39 Å². The standard InChI is InChI=1S/C13H10N2O2/c16-13-15-14-12(17-13)8-10-6-3-5-9-4-1-2-7-11(9)10/h1-7H,8H2,(H,15,16). The minimum absolute atomic E-state index is 0.409. The van der Waals surface area contributed by atoms with Gasteiger partial charge < -0.3 is 4.42 Å². The Hall–Kier alpha value is -2.36. The molecule has 4 nitrogen and oxygen atoms in total. The Bertz CT molecular complexity index is 707. The normalized spacial score (nSPS) is 10.8. The van der Waals surface area contributed by atoms with Crippen molar-refractivity contribution in [1.82, 2.24) is 10.2 Å². The Labute approximate surface area is 96.9 Å². The van der Waals surface area contributed by atoms with Crippen LogP contribution in [0.3, 0.4) is 0 Å². The van der Waals surface area contributed by atoms with E-state index in [9.17, 15) is 4.79 Å². The van der Waals surface area contributed by atoms with E-state index in [2.05, 4.69) is 28.4 Å². The molecule has 0 amide bonds. The first kappa shape index (κ1) is 9.84. The van der Waals surface area contributed by atoms with Crippen LogP contribution < -0.4 is 5.76 Å². The van der Waals surface area contributed by atoms with Crippen LogP contribution in [0.2, 0.25) is 0 Å². The zero-order valence-electron chi connectivity index (χ0n) is 9.01. The molecule has 3 rings (SSSR count). The van der Waals surface area contributed by atoms with Crippen molar-refractivity contribution in [2.75, 3.05) is 0 Å². The number of aromatic amines is 1. The minimum atomic E-state index is -0.514. The summed E-state index contributed by atoms with van der Waals surface area (Å²) in [5.41, 5.74) is 1.10. The van der Waals surface area contributed by atoms with Gasteiger partial charge in [0.05, 0.1) is 6.42 Å². The van der Waals surface area contributed by atoms with Crippen LogP contribution in [-0.4, -0.2) is 10.2 Å². The van der Waals surface area contributed by atoms with Gasteiger partial charge in [-0.25, -0.2) is 9.89 Å². The topological polar surface area (TPSA) is 58.9 Å². The fourth-order valence-electron chi connectivity index (χ4n) is 1.95. The van der Waals surface area contributed by atoms with Crippen LogP contribution >= 0.6 is 0 Å². The number of hydrogen-bond donors (Lipinski definition) is 1. The van der Waals surface area contributed by atoms with Crippen LogP contribution in [0.25, 0.3) is 10.8 Å². The van der Waals surface area contributed by atoms with Crippen LogP contribution in [0, 0.1) is 0 Å². The first-order chi connectivity index (χ1) is 8.33. The van der Waals surface area contributed by atoms with Gasteiger partial charge in [0, 0.05) is 0 Å². The van der Waals surface area contributed by atoms with E-state index in [1.54, 1.807) is 0 Å². The van der Waals surface area contributed by atoms with Crippen LogP contribution in [-0.2, 0) is 6.42 Å². The summed E-state index contributed by atoms with van der Waals surface area (Å²) in [7, 11) is 0. The molecule has 0 bridgehead atoms. The first-order valence-electron chi connectivity index (χ1n) is 5.34. The van der Waals surface area contributed by atoms with Crippen molar-refractivity contribution < 1.29 is 4.42 Å². The third-order valence-electron chi connectivity index (χ3n) is 2.70. The van der Waals surface area contributed by atoms with E-state index < -0.39 is 5.76 Å². The largest absolute Gasteiger partial charge is 0.434 e. The second-order valence-corrected chi connectivity index (χ2v) is 3.82. The lowest BCUT2D eigenvalue weighted by atomic mass is 10.0. The van der Waals surface area contributed by atoms with E-state index >= 15 is 0 Å². The predicted octanol–water partition coefficient (Wildman–Crippen LogP) is 2.11. The van der Waals surface area contributed by atoms with Crippen LogP contribution in [0.15, 0.2) is 51.7 Å². The number of nitrogens with zero attached hydrogens (tertiary/aromatic N) is 1. The fourth-order valence-corrected chi connectivity index (χ4v) is 1.95. The molecule has 17 heavy (non-hydrogen) atoms. The number of fused-ring (bicyclic) bond motifs is 1. The maximum absolute atomic E-state index is 10.9. The van der Waals surface area contributed by atoms with E-state index in [4.69, 9.17) is 4.42 Å². The van der Waals surface area contributed by atoms with E-state index in [1.807, 2.05) is 24.3 Å². The maximum Gasteiger partial charge on any atom is 0.434 e. The Morgan fingerprint density at radius 3 is 2.76 bits per heavy atom. The van der Waals surface area contributed by atoms with Crippen molar-refractivity contribution >= 4 is 10.8 Å². The molecule has 1 N–H and O–H groups in total. The lowest BCUT2D eigenvalue weighted by Crippen LogP contribution is -1.94. The summed E-state index contributed by atoms with van der Waals surface area (Å²) in [5.74, 6) is -0.105. The van der Waals surface area contributed by atoms with Gasteiger partial charge in [-0.2, -0.15) is 0 Å². The minimum Gasteiger partial charge on any atom is -0.392 e. The average Bonchev–Trinajstić information content (AvgIpc) is 2.75. The molecule has 0 spiro atoms. The smallest absolute Gasteiger partial charge is 0.392 e. The molecule has 84 valence electrons. The number of benzene rings is 2. The summed E-state index contributed by atoms with van der Waals surface area (Å²) in [6.45, 7) is 0. The number of H-pyrrole nitrogens is 1. The van der Waals surface area contributed by atoms with Crippen molar-refractivity contribution in [3.8, 4) is 0 Å². The molecule has 1 aromatic heterocycles. The van der Waals surface area contributed by atoms with Gasteiger partial charge >= 0.3 is 5.76 Å². The molecular formula is C13H10N2O2. The molecule has 0 saturated heterocycles. The zero-order chi connectivity index (χ0) is 11.7. The highest BCUT2D eigenvalue weighted by Crippen LogP contribution is 2.20. The molecular weight excluding hydrogens is 216 g/mol. The highest BCUT2D eigenvalue weighted by molar-refractivity contribution is 5.85. The van der Waals surface area contributed by atoms with E-state index in [0.29, 0.717) is 12.3 Å². The third kappa shape index (κ3) is 1.85. The van der Waals surface area contributed by atoms with E-state index in [0.717, 1.165) is 10.9 Å². The van der Waals surface area contributed by atoms with Crippen molar-refractivity contribution in [1.29, 1.82) is 0 Å². The third-order valence-corrected chi connectivity index (χ3v) is 2.70. The highest BCUT2D eigenvalue weighted by Gasteiger charge is 2.06. The Morgan fingerprint density at radius 2 is 1.94 bits per heavy atom. The summed E-state index contributed by atoms with van der Waals surface area (Å²) in [4.78, 5) is 10.9. The molecule has 0 aliphatic carbocycles. The molecule has 4 heteroatoms. The van der Waals surface area contributed by atoms with Gasteiger partial charge in [-0.05, 0) is 16.3 Å². The van der Waals surface area contributed by atoms with Gasteiger partial charge in [-0.1, -0.05) is 42.5 Å². The van der Waals surface area contributed by atoms with Crippen molar-refractivity contribution in [2.24, 2.45) is 0 Å². The summed E-state index contributed by atoms with van der Waals surface area (Å²) >= 11 is 0. The second-order valence-electron chi connectivity index (χ2n) is 3.82. The van der Waals surface area contributed by atoms with Crippen LogP contribution in [0.4, 0.5) is 0 Å². The second kappa shape index (κ2) is 3.90. The molecule has 1 heterocycles. The van der Waals surface area contributed by atoms with Gasteiger partial charge in [-0.15, -0.1) is 5.10 Å². The fraction of sp³-hybridized carbons (Fsp3) is 0.0769. The Kier molecular flexibility index (Phi) is 2.26. The molecule has 0 aliphatic rings. The maximum atomic E-state index is 10.9. The summed E-state index contributed by atoms with van der Waals surface area (Å²) in [5, 5.41) is 8.40. The molecule has 0 atom stereocenters. The Morgan fingerprint density at radius 1 is 1.12 bits per heavy atom. The summed E-state index contributed by atoms with van der Waals surface area (Å²) in [6, 6.07) is 14.2. The van der Waals surface area contributed by atoms with Gasteiger partial charge in [-0.3, -0.25) is 0 Å². The summed E-state index contributed by atoms with van der Waals surface area (Å²) < 4.78 is 4.91. The molecule has 3 aromatic rings. The number of rotatable bonds is 2. The first-order valence-corrected chi connectivity index (χ1v) is 5.34. The predicted molar refractivity (Wildman–Crippen MR) is 63.9 cm³/mol. The van der Waals surface area contributed by atoms with E-state index in [-0.39, 0.29) is 0 Å². The van der Waals surface area contributed by atoms with Crippen molar-refractivity contribution in [3.05, 3.63) is 64.5 Å². The molecule has 0 fully saturated rings. The van der Waals surface area contributed by atoms with Crippen LogP contribution in [0.5, 0.6) is 0 Å².